The van der Waals surface area contributed by atoms with Crippen molar-refractivity contribution in [1.29, 1.82) is 0 Å². The molecule has 0 unspecified atom stereocenters. The lowest BCUT2D eigenvalue weighted by Gasteiger charge is -2.41. The normalized spacial score (nSPS) is 25.7. The fraction of sp³-hybridized carbons (Fsp3) is 0.571. The Hall–Kier alpha value is -0.910. The van der Waals surface area contributed by atoms with Gasteiger partial charge in [0, 0.05) is 6.42 Å². The third-order valence-electron chi connectivity index (χ3n) is 1.61. The zero-order valence-corrected chi connectivity index (χ0v) is 6.75. The number of nitrogens with two attached hydrogens (primary N) is 2. The van der Waals surface area contributed by atoms with Crippen LogP contribution < -0.4 is 16.8 Å². The van der Waals surface area contributed by atoms with Crippen molar-refractivity contribution in [3.05, 3.63) is 12.7 Å². The molecule has 0 spiro atoms. The number of carbonyl (C=O) groups is 1. The van der Waals surface area contributed by atoms with Crippen LogP contribution in [0.15, 0.2) is 12.7 Å². The van der Waals surface area contributed by atoms with Gasteiger partial charge >= 0.3 is 5.97 Å². The fourth-order valence-corrected chi connectivity index (χ4v) is 1.02. The molecule has 0 aliphatic carbocycles. The first-order valence-corrected chi connectivity index (χ1v) is 3.68. The molecule has 1 fully saturated rings. The van der Waals surface area contributed by atoms with E-state index in [1.165, 1.54) is 6.08 Å². The summed E-state index contributed by atoms with van der Waals surface area (Å²) in [5.74, 6) is -1.24. The van der Waals surface area contributed by atoms with Crippen LogP contribution in [0.5, 0.6) is 0 Å². The van der Waals surface area contributed by atoms with Crippen LogP contribution in [0.4, 0.5) is 0 Å². The lowest BCUT2D eigenvalue weighted by molar-refractivity contribution is -0.149. The lowest BCUT2D eigenvalue weighted by Crippen LogP contribution is -2.76. The summed E-state index contributed by atoms with van der Waals surface area (Å²) in [7, 11) is 0. The Balaban J connectivity index is 2.24. The summed E-state index contributed by atoms with van der Waals surface area (Å²) in [5.41, 5.74) is 10.8. The highest BCUT2D eigenvalue weighted by molar-refractivity contribution is 5.77. The van der Waals surface area contributed by atoms with E-state index in [1.54, 1.807) is 0 Å². The molecule has 0 saturated carbocycles. The molecule has 68 valence electrons. The smallest absolute Gasteiger partial charge is 0.323 e. The summed E-state index contributed by atoms with van der Waals surface area (Å²) in [6.07, 6.45) is 1.91. The molecular weight excluding hydrogens is 158 g/mol. The van der Waals surface area contributed by atoms with Crippen molar-refractivity contribution in [2.75, 3.05) is 6.61 Å². The summed E-state index contributed by atoms with van der Waals surface area (Å²) in [6.45, 7) is 3.64. The molecule has 5 heteroatoms. The Morgan fingerprint density at radius 3 is 2.83 bits per heavy atom. The van der Waals surface area contributed by atoms with Crippen LogP contribution in [-0.2, 0) is 9.53 Å². The van der Waals surface area contributed by atoms with Crippen molar-refractivity contribution in [1.82, 2.24) is 5.32 Å². The summed E-state index contributed by atoms with van der Waals surface area (Å²) in [4.78, 5) is 11.0. The lowest BCUT2D eigenvalue weighted by atomic mass is 9.99. The van der Waals surface area contributed by atoms with Gasteiger partial charge in [-0.05, 0) is 0 Å². The van der Waals surface area contributed by atoms with Crippen LogP contribution in [-0.4, -0.2) is 24.4 Å². The standard InChI is InChI=1S/C7H13N3O2/c1-2-3-12-6(11)5-4-7(8,9)10-5/h2,5,10H,1,3-4,8-9H2/t5-/m0/s1. The second-order valence-electron chi connectivity index (χ2n) is 2.86. The number of ether oxygens (including phenoxy) is 1. The SMILES string of the molecule is C=CCOC(=O)[C@@H]1CC(N)(N)N1. The van der Waals surface area contributed by atoms with Crippen molar-refractivity contribution in [3.8, 4) is 0 Å². The number of nitrogens with one attached hydrogen (secondary N) is 1. The molecule has 0 aromatic carbocycles. The second-order valence-corrected chi connectivity index (χ2v) is 2.86. The van der Waals surface area contributed by atoms with E-state index in [2.05, 4.69) is 11.9 Å². The zero-order valence-electron chi connectivity index (χ0n) is 6.75. The third kappa shape index (κ3) is 2.04. The molecular formula is C7H13N3O2. The molecule has 5 N–H and O–H groups in total. The van der Waals surface area contributed by atoms with Gasteiger partial charge in [0.05, 0.1) is 0 Å². The van der Waals surface area contributed by atoms with Gasteiger partial charge in [0.1, 0.15) is 18.4 Å². The second kappa shape index (κ2) is 3.22. The number of rotatable bonds is 3. The van der Waals surface area contributed by atoms with Gasteiger partial charge in [-0.25, -0.2) is 0 Å². The molecule has 0 aromatic heterocycles. The van der Waals surface area contributed by atoms with E-state index in [0.717, 1.165) is 0 Å². The van der Waals surface area contributed by atoms with E-state index >= 15 is 0 Å². The number of esters is 1. The largest absolute Gasteiger partial charge is 0.460 e. The van der Waals surface area contributed by atoms with Crippen molar-refractivity contribution in [2.45, 2.75) is 18.2 Å². The van der Waals surface area contributed by atoms with E-state index in [0.29, 0.717) is 6.42 Å². The number of carbonyl (C=O) groups excluding carboxylic acids is 1. The summed E-state index contributed by atoms with van der Waals surface area (Å²) in [5, 5.41) is 2.67. The average molecular weight is 171 g/mol. The molecule has 0 radical (unpaired) electrons. The maximum atomic E-state index is 11.0. The summed E-state index contributed by atoms with van der Waals surface area (Å²) in [6, 6.07) is -0.361. The Morgan fingerprint density at radius 2 is 2.42 bits per heavy atom. The van der Waals surface area contributed by atoms with Gasteiger partial charge in [-0.1, -0.05) is 12.7 Å². The van der Waals surface area contributed by atoms with Crippen LogP contribution in [0.25, 0.3) is 0 Å². The maximum absolute atomic E-state index is 11.0. The Kier molecular flexibility index (Phi) is 2.46. The van der Waals surface area contributed by atoms with Crippen LogP contribution in [0.1, 0.15) is 6.42 Å². The molecule has 1 aliphatic rings. The van der Waals surface area contributed by atoms with Gasteiger partial charge in [-0.3, -0.25) is 10.1 Å². The van der Waals surface area contributed by atoms with E-state index < -0.39 is 5.79 Å². The summed E-state index contributed by atoms with van der Waals surface area (Å²) >= 11 is 0. The minimum absolute atomic E-state index is 0.221. The van der Waals surface area contributed by atoms with E-state index in [-0.39, 0.29) is 18.6 Å². The van der Waals surface area contributed by atoms with Gasteiger partial charge in [0.2, 0.25) is 0 Å². The van der Waals surface area contributed by atoms with Crippen molar-refractivity contribution >= 4 is 5.97 Å². The van der Waals surface area contributed by atoms with Crippen molar-refractivity contribution in [3.63, 3.8) is 0 Å². The first-order chi connectivity index (χ1) is 5.55. The monoisotopic (exact) mass is 171 g/mol. The predicted molar refractivity (Wildman–Crippen MR) is 43.8 cm³/mol. The molecule has 0 bridgehead atoms. The number of hydrogen-bond acceptors (Lipinski definition) is 5. The first-order valence-electron chi connectivity index (χ1n) is 3.68. The van der Waals surface area contributed by atoms with Gasteiger partial charge in [0.25, 0.3) is 0 Å². The molecule has 1 saturated heterocycles. The Morgan fingerprint density at radius 1 is 1.83 bits per heavy atom. The molecule has 5 nitrogen and oxygen atoms in total. The van der Waals surface area contributed by atoms with Crippen molar-refractivity contribution < 1.29 is 9.53 Å². The topological polar surface area (TPSA) is 90.4 Å². The fourth-order valence-electron chi connectivity index (χ4n) is 1.02. The minimum Gasteiger partial charge on any atom is -0.460 e. The highest BCUT2D eigenvalue weighted by Gasteiger charge is 2.41. The highest BCUT2D eigenvalue weighted by Crippen LogP contribution is 2.14. The predicted octanol–water partition coefficient (Wildman–Crippen LogP) is -1.35. The Labute approximate surface area is 70.7 Å². The molecule has 1 heterocycles. The van der Waals surface area contributed by atoms with Crippen LogP contribution in [0.2, 0.25) is 0 Å². The van der Waals surface area contributed by atoms with Crippen molar-refractivity contribution in [2.24, 2.45) is 11.5 Å². The Bertz CT molecular complexity index is 195. The van der Waals surface area contributed by atoms with Gasteiger partial charge in [-0.2, -0.15) is 0 Å². The zero-order chi connectivity index (χ0) is 9.19. The van der Waals surface area contributed by atoms with Crippen LogP contribution in [0, 0.1) is 0 Å². The van der Waals surface area contributed by atoms with Gasteiger partial charge < -0.3 is 16.2 Å². The maximum Gasteiger partial charge on any atom is 0.323 e. The molecule has 1 atom stereocenters. The molecule has 12 heavy (non-hydrogen) atoms. The average Bonchev–Trinajstić information content (AvgIpc) is 1.95. The highest BCUT2D eigenvalue weighted by atomic mass is 16.5. The third-order valence-corrected chi connectivity index (χ3v) is 1.61. The van der Waals surface area contributed by atoms with Crippen LogP contribution >= 0.6 is 0 Å². The van der Waals surface area contributed by atoms with E-state index in [1.807, 2.05) is 0 Å². The van der Waals surface area contributed by atoms with Gasteiger partial charge in [-0.15, -0.1) is 0 Å². The molecule has 0 amide bonds. The van der Waals surface area contributed by atoms with E-state index in [4.69, 9.17) is 16.2 Å². The quantitative estimate of drug-likeness (QED) is 0.277. The van der Waals surface area contributed by atoms with E-state index in [9.17, 15) is 4.79 Å². The van der Waals surface area contributed by atoms with Gasteiger partial charge in [0.15, 0.2) is 0 Å². The first kappa shape index (κ1) is 9.18. The molecule has 1 rings (SSSR count). The number of hydrogen-bond donors (Lipinski definition) is 3. The molecule has 1 aliphatic heterocycles. The molecule has 0 aromatic rings. The summed E-state index contributed by atoms with van der Waals surface area (Å²) < 4.78 is 4.76. The van der Waals surface area contributed by atoms with Crippen LogP contribution in [0.3, 0.4) is 0 Å². The minimum atomic E-state index is -0.905.